The Morgan fingerprint density at radius 2 is 1.78 bits per heavy atom. The zero-order valence-electron chi connectivity index (χ0n) is 11.3. The standard InChI is InChI=1S/C13H19F3OS/c1-8(2)10-6-9(17-7-13(14,15)16)11(18-10)12(3,4)5/h6,8H,7H2,1-5H3. The third-order valence-electron chi connectivity index (χ3n) is 2.36. The third kappa shape index (κ3) is 4.19. The van der Waals surface area contributed by atoms with Crippen molar-refractivity contribution >= 4 is 11.3 Å². The second-order valence-corrected chi connectivity index (χ2v) is 6.73. The summed E-state index contributed by atoms with van der Waals surface area (Å²) in [5, 5.41) is 0. The molecule has 0 aliphatic carbocycles. The first-order valence-corrected chi connectivity index (χ1v) is 6.66. The van der Waals surface area contributed by atoms with Crippen molar-refractivity contribution < 1.29 is 17.9 Å². The molecule has 0 aliphatic rings. The van der Waals surface area contributed by atoms with Crippen LogP contribution >= 0.6 is 11.3 Å². The largest absolute Gasteiger partial charge is 0.483 e. The van der Waals surface area contributed by atoms with Gasteiger partial charge in [0.1, 0.15) is 5.75 Å². The van der Waals surface area contributed by atoms with Gasteiger partial charge in [-0.2, -0.15) is 13.2 Å². The summed E-state index contributed by atoms with van der Waals surface area (Å²) in [7, 11) is 0. The van der Waals surface area contributed by atoms with Crippen LogP contribution in [-0.4, -0.2) is 12.8 Å². The lowest BCUT2D eigenvalue weighted by Gasteiger charge is -2.19. The van der Waals surface area contributed by atoms with Crippen molar-refractivity contribution in [3.05, 3.63) is 15.8 Å². The van der Waals surface area contributed by atoms with Crippen LogP contribution in [0.4, 0.5) is 13.2 Å². The Hall–Kier alpha value is -0.710. The topological polar surface area (TPSA) is 9.23 Å². The molecule has 0 spiro atoms. The van der Waals surface area contributed by atoms with Crippen LogP contribution in [0.5, 0.6) is 5.75 Å². The van der Waals surface area contributed by atoms with Gasteiger partial charge in [-0.3, -0.25) is 0 Å². The van der Waals surface area contributed by atoms with Crippen molar-refractivity contribution in [2.45, 2.75) is 52.1 Å². The van der Waals surface area contributed by atoms with Gasteiger partial charge in [0.05, 0.1) is 4.88 Å². The van der Waals surface area contributed by atoms with Gasteiger partial charge in [-0.25, -0.2) is 0 Å². The number of hydrogen-bond acceptors (Lipinski definition) is 2. The van der Waals surface area contributed by atoms with E-state index in [9.17, 15) is 13.2 Å². The molecule has 0 aliphatic heterocycles. The van der Waals surface area contributed by atoms with E-state index in [1.54, 1.807) is 6.07 Å². The highest BCUT2D eigenvalue weighted by molar-refractivity contribution is 7.12. The molecule has 0 amide bonds. The molecule has 1 rings (SSSR count). The molecule has 5 heteroatoms. The summed E-state index contributed by atoms with van der Waals surface area (Å²) in [6, 6.07) is 1.74. The maximum atomic E-state index is 12.2. The van der Waals surface area contributed by atoms with E-state index in [1.807, 2.05) is 34.6 Å². The predicted octanol–water partition coefficient (Wildman–Crippen LogP) is 5.11. The highest BCUT2D eigenvalue weighted by atomic mass is 32.1. The normalized spacial score (nSPS) is 13.2. The van der Waals surface area contributed by atoms with Crippen LogP contribution in [0, 0.1) is 0 Å². The molecule has 0 fully saturated rings. The van der Waals surface area contributed by atoms with E-state index in [-0.39, 0.29) is 5.41 Å². The molecule has 0 N–H and O–H groups in total. The van der Waals surface area contributed by atoms with Gasteiger partial charge in [-0.15, -0.1) is 11.3 Å². The molecule has 0 saturated carbocycles. The fraction of sp³-hybridized carbons (Fsp3) is 0.692. The van der Waals surface area contributed by atoms with Gasteiger partial charge in [0.25, 0.3) is 0 Å². The maximum absolute atomic E-state index is 12.2. The Bertz CT molecular complexity index is 399. The lowest BCUT2D eigenvalue weighted by atomic mass is 9.94. The van der Waals surface area contributed by atoms with Crippen LogP contribution in [0.3, 0.4) is 0 Å². The summed E-state index contributed by atoms with van der Waals surface area (Å²) in [6.45, 7) is 8.73. The van der Waals surface area contributed by atoms with E-state index in [0.29, 0.717) is 11.7 Å². The van der Waals surface area contributed by atoms with Gasteiger partial charge in [0.2, 0.25) is 0 Å². The molecule has 1 heterocycles. The Morgan fingerprint density at radius 1 is 1.22 bits per heavy atom. The van der Waals surface area contributed by atoms with Crippen LogP contribution < -0.4 is 4.74 Å². The first kappa shape index (κ1) is 15.3. The summed E-state index contributed by atoms with van der Waals surface area (Å²) in [4.78, 5) is 1.92. The number of hydrogen-bond donors (Lipinski definition) is 0. The van der Waals surface area contributed by atoms with Crippen molar-refractivity contribution in [1.82, 2.24) is 0 Å². The molecular formula is C13H19F3OS. The highest BCUT2D eigenvalue weighted by Gasteiger charge is 2.31. The quantitative estimate of drug-likeness (QED) is 0.747. The molecule has 0 unspecified atom stereocenters. The Morgan fingerprint density at radius 3 is 2.17 bits per heavy atom. The molecular weight excluding hydrogens is 261 g/mol. The van der Waals surface area contributed by atoms with Crippen molar-refractivity contribution in [2.24, 2.45) is 0 Å². The fourth-order valence-corrected chi connectivity index (χ4v) is 2.63. The monoisotopic (exact) mass is 280 g/mol. The van der Waals surface area contributed by atoms with Gasteiger partial charge in [0, 0.05) is 4.88 Å². The summed E-state index contributed by atoms with van der Waals surface area (Å²) in [5.74, 6) is 0.660. The first-order valence-electron chi connectivity index (χ1n) is 5.84. The van der Waals surface area contributed by atoms with Crippen LogP contribution in [0.15, 0.2) is 6.07 Å². The molecule has 1 aromatic heterocycles. The third-order valence-corrected chi connectivity index (χ3v) is 4.20. The number of halogens is 3. The minimum Gasteiger partial charge on any atom is -0.483 e. The molecule has 104 valence electrons. The van der Waals surface area contributed by atoms with Crippen LogP contribution in [0.1, 0.15) is 50.3 Å². The summed E-state index contributed by atoms with van der Waals surface area (Å²) < 4.78 is 41.6. The van der Waals surface area contributed by atoms with E-state index < -0.39 is 12.8 Å². The summed E-state index contributed by atoms with van der Waals surface area (Å²) in [6.07, 6.45) is -4.30. The molecule has 0 radical (unpaired) electrons. The number of rotatable bonds is 3. The fourth-order valence-electron chi connectivity index (χ4n) is 1.47. The zero-order chi connectivity index (χ0) is 14.1. The Balaban J connectivity index is 3.01. The lowest BCUT2D eigenvalue weighted by Crippen LogP contribution is -2.20. The van der Waals surface area contributed by atoms with Gasteiger partial charge >= 0.3 is 6.18 Å². The average molecular weight is 280 g/mol. The van der Waals surface area contributed by atoms with Gasteiger partial charge in [-0.05, 0) is 17.4 Å². The molecule has 1 aromatic rings. The van der Waals surface area contributed by atoms with E-state index in [0.717, 1.165) is 9.75 Å². The van der Waals surface area contributed by atoms with Crippen LogP contribution in [0.25, 0.3) is 0 Å². The molecule has 0 saturated heterocycles. The van der Waals surface area contributed by atoms with E-state index in [4.69, 9.17) is 4.74 Å². The minimum absolute atomic E-state index is 0.210. The van der Waals surface area contributed by atoms with Crippen LogP contribution in [-0.2, 0) is 5.41 Å². The highest BCUT2D eigenvalue weighted by Crippen LogP contribution is 2.41. The molecule has 0 bridgehead atoms. The molecule has 1 nitrogen and oxygen atoms in total. The van der Waals surface area contributed by atoms with Crippen molar-refractivity contribution in [2.75, 3.05) is 6.61 Å². The molecule has 0 atom stereocenters. The maximum Gasteiger partial charge on any atom is 0.422 e. The van der Waals surface area contributed by atoms with Crippen LogP contribution in [0.2, 0.25) is 0 Å². The smallest absolute Gasteiger partial charge is 0.422 e. The van der Waals surface area contributed by atoms with Gasteiger partial charge < -0.3 is 4.74 Å². The molecule has 18 heavy (non-hydrogen) atoms. The number of alkyl halides is 3. The van der Waals surface area contributed by atoms with Gasteiger partial charge in [-0.1, -0.05) is 34.6 Å². The zero-order valence-corrected chi connectivity index (χ0v) is 12.1. The SMILES string of the molecule is CC(C)c1cc(OCC(F)(F)F)c(C(C)(C)C)s1. The molecule has 0 aromatic carbocycles. The predicted molar refractivity (Wildman–Crippen MR) is 68.7 cm³/mol. The first-order chi connectivity index (χ1) is 8.00. The average Bonchev–Trinajstić information content (AvgIpc) is 2.56. The second-order valence-electron chi connectivity index (χ2n) is 5.65. The Kier molecular flexibility index (Phi) is 4.36. The van der Waals surface area contributed by atoms with E-state index in [1.165, 1.54) is 11.3 Å². The lowest BCUT2D eigenvalue weighted by molar-refractivity contribution is -0.153. The number of ether oxygens (including phenoxy) is 1. The number of thiophene rings is 1. The van der Waals surface area contributed by atoms with Gasteiger partial charge in [0.15, 0.2) is 6.61 Å². The van der Waals surface area contributed by atoms with Crippen molar-refractivity contribution in [3.8, 4) is 5.75 Å². The van der Waals surface area contributed by atoms with E-state index >= 15 is 0 Å². The second kappa shape index (κ2) is 5.11. The van der Waals surface area contributed by atoms with E-state index in [2.05, 4.69) is 0 Å². The Labute approximate surface area is 110 Å². The van der Waals surface area contributed by atoms with Crippen molar-refractivity contribution in [1.29, 1.82) is 0 Å². The van der Waals surface area contributed by atoms with Crippen molar-refractivity contribution in [3.63, 3.8) is 0 Å². The summed E-state index contributed by atoms with van der Waals surface area (Å²) >= 11 is 1.53. The minimum atomic E-state index is -4.30. The summed E-state index contributed by atoms with van der Waals surface area (Å²) in [5.41, 5.74) is -0.210.